The van der Waals surface area contributed by atoms with Gasteiger partial charge < -0.3 is 10.6 Å². The maximum absolute atomic E-state index is 11.9. The van der Waals surface area contributed by atoms with E-state index in [-0.39, 0.29) is 12.5 Å². The summed E-state index contributed by atoms with van der Waals surface area (Å²) in [5.41, 5.74) is 3.84. The Kier molecular flexibility index (Phi) is 4.64. The zero-order valence-electron chi connectivity index (χ0n) is 11.5. The Morgan fingerprint density at radius 2 is 1.95 bits per heavy atom. The van der Waals surface area contributed by atoms with Crippen LogP contribution in [0.25, 0.3) is 0 Å². The second-order valence-corrected chi connectivity index (χ2v) is 5.17. The first-order valence-corrected chi connectivity index (χ1v) is 6.79. The Balaban J connectivity index is 1.94. The van der Waals surface area contributed by atoms with Crippen LogP contribution >= 0.6 is 11.6 Å². The van der Waals surface area contributed by atoms with E-state index in [0.29, 0.717) is 5.02 Å². The summed E-state index contributed by atoms with van der Waals surface area (Å²) in [4.78, 5) is 11.9. The molecule has 0 aromatic heterocycles. The number of aryl methyl sites for hydroxylation is 2. The Hall–Kier alpha value is -2.00. The average molecular weight is 289 g/mol. The molecule has 0 aliphatic rings. The van der Waals surface area contributed by atoms with Gasteiger partial charge in [0.05, 0.1) is 6.54 Å². The second-order valence-electron chi connectivity index (χ2n) is 4.73. The van der Waals surface area contributed by atoms with Gasteiger partial charge in [0.2, 0.25) is 5.91 Å². The summed E-state index contributed by atoms with van der Waals surface area (Å²) in [7, 11) is 0. The van der Waals surface area contributed by atoms with Crippen molar-refractivity contribution < 1.29 is 4.79 Å². The lowest BCUT2D eigenvalue weighted by atomic mass is 10.1. The SMILES string of the molecule is Cc1ccc(C)c(NC(=O)CNc2cccc(Cl)c2)c1. The molecule has 2 N–H and O–H groups in total. The van der Waals surface area contributed by atoms with Gasteiger partial charge in [-0.2, -0.15) is 0 Å². The van der Waals surface area contributed by atoms with Gasteiger partial charge in [-0.3, -0.25) is 4.79 Å². The van der Waals surface area contributed by atoms with Crippen molar-refractivity contribution in [3.8, 4) is 0 Å². The molecule has 4 heteroatoms. The summed E-state index contributed by atoms with van der Waals surface area (Å²) in [6, 6.07) is 13.3. The number of hydrogen-bond acceptors (Lipinski definition) is 2. The summed E-state index contributed by atoms with van der Waals surface area (Å²) in [6.07, 6.45) is 0. The molecule has 0 fully saturated rings. The van der Waals surface area contributed by atoms with Gasteiger partial charge in [0.1, 0.15) is 0 Å². The van der Waals surface area contributed by atoms with E-state index in [2.05, 4.69) is 10.6 Å². The third-order valence-corrected chi connectivity index (χ3v) is 3.18. The van der Waals surface area contributed by atoms with Crippen molar-refractivity contribution >= 4 is 28.9 Å². The highest BCUT2D eigenvalue weighted by Crippen LogP contribution is 2.17. The third-order valence-electron chi connectivity index (χ3n) is 2.94. The zero-order valence-corrected chi connectivity index (χ0v) is 12.3. The van der Waals surface area contributed by atoms with Crippen molar-refractivity contribution in [3.63, 3.8) is 0 Å². The van der Waals surface area contributed by atoms with Gasteiger partial charge in [-0.15, -0.1) is 0 Å². The van der Waals surface area contributed by atoms with Crippen LogP contribution in [-0.2, 0) is 4.79 Å². The van der Waals surface area contributed by atoms with Crippen molar-refractivity contribution in [3.05, 3.63) is 58.6 Å². The van der Waals surface area contributed by atoms with Crippen LogP contribution in [0.1, 0.15) is 11.1 Å². The van der Waals surface area contributed by atoms with Crippen LogP contribution < -0.4 is 10.6 Å². The number of nitrogens with one attached hydrogen (secondary N) is 2. The summed E-state index contributed by atoms with van der Waals surface area (Å²) in [5.74, 6) is -0.0846. The van der Waals surface area contributed by atoms with Crippen LogP contribution in [-0.4, -0.2) is 12.5 Å². The molecule has 0 radical (unpaired) electrons. The Labute approximate surface area is 124 Å². The lowest BCUT2D eigenvalue weighted by Gasteiger charge is -2.10. The molecule has 2 aromatic rings. The molecule has 3 nitrogen and oxygen atoms in total. The fourth-order valence-corrected chi connectivity index (χ4v) is 2.04. The number of carbonyl (C=O) groups excluding carboxylic acids is 1. The smallest absolute Gasteiger partial charge is 0.243 e. The minimum atomic E-state index is -0.0846. The van der Waals surface area contributed by atoms with Gasteiger partial charge in [0.25, 0.3) is 0 Å². The van der Waals surface area contributed by atoms with E-state index in [4.69, 9.17) is 11.6 Å². The predicted octanol–water partition coefficient (Wildman–Crippen LogP) is 4.01. The molecule has 0 saturated heterocycles. The second kappa shape index (κ2) is 6.44. The lowest BCUT2D eigenvalue weighted by Crippen LogP contribution is -2.22. The monoisotopic (exact) mass is 288 g/mol. The molecular weight excluding hydrogens is 272 g/mol. The molecule has 20 heavy (non-hydrogen) atoms. The molecule has 0 atom stereocenters. The molecule has 0 unspecified atom stereocenters. The molecule has 2 rings (SSSR count). The molecule has 1 amide bonds. The molecule has 0 aliphatic carbocycles. The Bertz CT molecular complexity index is 626. The number of anilines is 2. The number of amides is 1. The summed E-state index contributed by atoms with van der Waals surface area (Å²) in [5, 5.41) is 6.59. The first-order chi connectivity index (χ1) is 9.54. The highest BCUT2D eigenvalue weighted by molar-refractivity contribution is 6.30. The molecule has 104 valence electrons. The summed E-state index contributed by atoms with van der Waals surface area (Å²) >= 11 is 5.89. The van der Waals surface area contributed by atoms with Gasteiger partial charge in [0, 0.05) is 16.4 Å². The Morgan fingerprint density at radius 1 is 1.15 bits per heavy atom. The summed E-state index contributed by atoms with van der Waals surface area (Å²) in [6.45, 7) is 4.17. The van der Waals surface area contributed by atoms with Gasteiger partial charge in [0.15, 0.2) is 0 Å². The fraction of sp³-hybridized carbons (Fsp3) is 0.188. The van der Waals surface area contributed by atoms with E-state index in [1.165, 1.54) is 0 Å². The van der Waals surface area contributed by atoms with Crippen molar-refractivity contribution in [2.75, 3.05) is 17.2 Å². The van der Waals surface area contributed by atoms with Crippen LogP contribution in [0.4, 0.5) is 11.4 Å². The van der Waals surface area contributed by atoms with Crippen molar-refractivity contribution in [2.24, 2.45) is 0 Å². The highest BCUT2D eigenvalue weighted by Gasteiger charge is 2.05. The number of carbonyl (C=O) groups is 1. The number of benzene rings is 2. The van der Waals surface area contributed by atoms with Crippen LogP contribution in [0.15, 0.2) is 42.5 Å². The van der Waals surface area contributed by atoms with E-state index in [1.807, 2.05) is 44.2 Å². The standard InChI is InChI=1S/C16H17ClN2O/c1-11-6-7-12(2)15(8-11)19-16(20)10-18-14-5-3-4-13(17)9-14/h3-9,18H,10H2,1-2H3,(H,19,20). The van der Waals surface area contributed by atoms with Crippen molar-refractivity contribution in [2.45, 2.75) is 13.8 Å². The fourth-order valence-electron chi connectivity index (χ4n) is 1.85. The van der Waals surface area contributed by atoms with E-state index < -0.39 is 0 Å². The molecule has 0 spiro atoms. The molecular formula is C16H17ClN2O. The normalized spacial score (nSPS) is 10.2. The van der Waals surface area contributed by atoms with E-state index in [9.17, 15) is 4.79 Å². The van der Waals surface area contributed by atoms with Crippen LogP contribution in [0.3, 0.4) is 0 Å². The number of halogens is 1. The van der Waals surface area contributed by atoms with Gasteiger partial charge in [-0.25, -0.2) is 0 Å². The number of hydrogen-bond donors (Lipinski definition) is 2. The minimum absolute atomic E-state index is 0.0846. The average Bonchev–Trinajstić information content (AvgIpc) is 2.41. The van der Waals surface area contributed by atoms with E-state index in [1.54, 1.807) is 12.1 Å². The van der Waals surface area contributed by atoms with E-state index >= 15 is 0 Å². The lowest BCUT2D eigenvalue weighted by molar-refractivity contribution is -0.114. The first-order valence-electron chi connectivity index (χ1n) is 6.41. The third kappa shape index (κ3) is 4.00. The minimum Gasteiger partial charge on any atom is -0.376 e. The van der Waals surface area contributed by atoms with Gasteiger partial charge in [-0.05, 0) is 49.2 Å². The van der Waals surface area contributed by atoms with Gasteiger partial charge in [-0.1, -0.05) is 29.8 Å². The Morgan fingerprint density at radius 3 is 2.70 bits per heavy atom. The number of rotatable bonds is 4. The largest absolute Gasteiger partial charge is 0.376 e. The maximum Gasteiger partial charge on any atom is 0.243 e. The zero-order chi connectivity index (χ0) is 14.5. The van der Waals surface area contributed by atoms with Crippen LogP contribution in [0.5, 0.6) is 0 Å². The molecule has 0 bridgehead atoms. The topological polar surface area (TPSA) is 41.1 Å². The molecule has 0 saturated carbocycles. The van der Waals surface area contributed by atoms with Crippen molar-refractivity contribution in [1.82, 2.24) is 0 Å². The quantitative estimate of drug-likeness (QED) is 0.892. The van der Waals surface area contributed by atoms with Crippen molar-refractivity contribution in [1.29, 1.82) is 0 Å². The van der Waals surface area contributed by atoms with E-state index in [0.717, 1.165) is 22.5 Å². The van der Waals surface area contributed by atoms with Gasteiger partial charge >= 0.3 is 0 Å². The molecule has 0 aliphatic heterocycles. The maximum atomic E-state index is 11.9. The van der Waals surface area contributed by atoms with Crippen LogP contribution in [0, 0.1) is 13.8 Å². The first kappa shape index (κ1) is 14.4. The predicted molar refractivity (Wildman–Crippen MR) is 84.5 cm³/mol. The highest BCUT2D eigenvalue weighted by atomic mass is 35.5. The summed E-state index contributed by atoms with van der Waals surface area (Å²) < 4.78 is 0. The van der Waals surface area contributed by atoms with Crippen LogP contribution in [0.2, 0.25) is 5.02 Å². The molecule has 2 aromatic carbocycles. The molecule has 0 heterocycles.